The van der Waals surface area contributed by atoms with Crippen LogP contribution in [0.15, 0.2) is 83.5 Å². The van der Waals surface area contributed by atoms with Crippen LogP contribution in [0.5, 0.6) is 0 Å². The van der Waals surface area contributed by atoms with Crippen LogP contribution in [-0.2, 0) is 12.8 Å². The van der Waals surface area contributed by atoms with Crippen LogP contribution in [0.4, 0.5) is 5.82 Å². The third-order valence-corrected chi connectivity index (χ3v) is 4.32. The van der Waals surface area contributed by atoms with E-state index in [1.165, 1.54) is 16.7 Å². The Hall–Kier alpha value is -3.40. The smallest absolute Gasteiger partial charge is 0.170 e. The van der Waals surface area contributed by atoms with E-state index in [1.807, 2.05) is 24.3 Å². The Morgan fingerprint density at radius 2 is 1.46 bits per heavy atom. The molecule has 0 aliphatic rings. The zero-order chi connectivity index (χ0) is 17.8. The second-order valence-electron chi connectivity index (χ2n) is 6.27. The van der Waals surface area contributed by atoms with Gasteiger partial charge >= 0.3 is 0 Å². The average molecular weight is 341 g/mol. The highest BCUT2D eigenvalue weighted by atomic mass is 16.5. The van der Waals surface area contributed by atoms with Gasteiger partial charge in [0.2, 0.25) is 0 Å². The normalized spacial score (nSPS) is 10.8. The van der Waals surface area contributed by atoms with Gasteiger partial charge in [0, 0.05) is 18.7 Å². The first kappa shape index (κ1) is 16.1. The maximum Gasteiger partial charge on any atom is 0.170 e. The molecule has 0 atom stereocenters. The Kier molecular flexibility index (Phi) is 4.48. The Labute approximate surface area is 152 Å². The Morgan fingerprint density at radius 1 is 0.769 bits per heavy atom. The fraction of sp³-hybridized carbons (Fsp3) is 0.0909. The van der Waals surface area contributed by atoms with Crippen molar-refractivity contribution < 1.29 is 4.52 Å². The molecule has 4 aromatic rings. The lowest BCUT2D eigenvalue weighted by Gasteiger charge is -2.03. The molecule has 2 aromatic carbocycles. The summed E-state index contributed by atoms with van der Waals surface area (Å²) in [7, 11) is 0. The number of nitrogens with zero attached hydrogens (tertiary/aromatic N) is 2. The molecule has 0 saturated carbocycles. The number of rotatable bonds is 5. The Bertz CT molecular complexity index is 991. The molecule has 0 bridgehead atoms. The van der Waals surface area contributed by atoms with Gasteiger partial charge in [-0.05, 0) is 35.2 Å². The third-order valence-electron chi connectivity index (χ3n) is 4.32. The molecule has 4 nitrogen and oxygen atoms in total. The number of nitrogens with two attached hydrogens (primary N) is 1. The van der Waals surface area contributed by atoms with E-state index in [0.29, 0.717) is 11.6 Å². The molecule has 2 N–H and O–H groups in total. The molecule has 0 radical (unpaired) electrons. The SMILES string of the molecule is Nc1ncccc1-c1cc(Cc2ccc(Cc3ccccc3)cc2)no1. The average Bonchev–Trinajstić information content (AvgIpc) is 3.13. The van der Waals surface area contributed by atoms with Crippen LogP contribution in [0, 0.1) is 0 Å². The van der Waals surface area contributed by atoms with E-state index in [9.17, 15) is 0 Å². The molecular formula is C22H19N3O. The summed E-state index contributed by atoms with van der Waals surface area (Å²) < 4.78 is 5.44. The number of hydrogen-bond donors (Lipinski definition) is 1. The predicted molar refractivity (Wildman–Crippen MR) is 103 cm³/mol. The highest BCUT2D eigenvalue weighted by Gasteiger charge is 2.10. The van der Waals surface area contributed by atoms with Crippen LogP contribution in [-0.4, -0.2) is 10.1 Å². The van der Waals surface area contributed by atoms with Crippen LogP contribution in [0.1, 0.15) is 22.4 Å². The predicted octanol–water partition coefficient (Wildman–Crippen LogP) is 4.50. The van der Waals surface area contributed by atoms with Gasteiger partial charge in [0.25, 0.3) is 0 Å². The maximum absolute atomic E-state index is 5.90. The first-order valence-corrected chi connectivity index (χ1v) is 8.56. The van der Waals surface area contributed by atoms with E-state index >= 15 is 0 Å². The summed E-state index contributed by atoms with van der Waals surface area (Å²) >= 11 is 0. The monoisotopic (exact) mass is 341 g/mol. The topological polar surface area (TPSA) is 64.9 Å². The summed E-state index contributed by atoms with van der Waals surface area (Å²) in [5.41, 5.74) is 11.3. The van der Waals surface area contributed by atoms with Crippen molar-refractivity contribution in [2.45, 2.75) is 12.8 Å². The molecule has 2 aromatic heterocycles. The lowest BCUT2D eigenvalue weighted by Crippen LogP contribution is -1.92. The maximum atomic E-state index is 5.90. The summed E-state index contributed by atoms with van der Waals surface area (Å²) in [6, 6.07) is 24.7. The van der Waals surface area contributed by atoms with E-state index in [4.69, 9.17) is 10.3 Å². The summed E-state index contributed by atoms with van der Waals surface area (Å²) in [5, 5.41) is 4.16. The molecule has 0 unspecified atom stereocenters. The number of pyridine rings is 1. The van der Waals surface area contributed by atoms with Gasteiger partial charge in [-0.1, -0.05) is 59.8 Å². The zero-order valence-corrected chi connectivity index (χ0v) is 14.3. The number of benzene rings is 2. The molecule has 0 amide bonds. The number of anilines is 1. The molecule has 0 saturated heterocycles. The van der Waals surface area contributed by atoms with Gasteiger partial charge in [-0.3, -0.25) is 0 Å². The summed E-state index contributed by atoms with van der Waals surface area (Å²) in [4.78, 5) is 4.08. The van der Waals surface area contributed by atoms with Crippen LogP contribution >= 0.6 is 0 Å². The van der Waals surface area contributed by atoms with Crippen LogP contribution < -0.4 is 5.73 Å². The van der Waals surface area contributed by atoms with Gasteiger partial charge in [0.05, 0.1) is 11.3 Å². The van der Waals surface area contributed by atoms with E-state index in [0.717, 1.165) is 24.1 Å². The summed E-state index contributed by atoms with van der Waals surface area (Å²) in [6.07, 6.45) is 3.32. The molecule has 4 heteroatoms. The van der Waals surface area contributed by atoms with Crippen LogP contribution in [0.25, 0.3) is 11.3 Å². The van der Waals surface area contributed by atoms with Gasteiger partial charge in [-0.2, -0.15) is 0 Å². The van der Waals surface area contributed by atoms with Gasteiger partial charge < -0.3 is 10.3 Å². The largest absolute Gasteiger partial charge is 0.383 e. The van der Waals surface area contributed by atoms with E-state index in [1.54, 1.807) is 6.20 Å². The summed E-state index contributed by atoms with van der Waals surface area (Å²) in [6.45, 7) is 0. The number of aromatic nitrogens is 2. The minimum atomic E-state index is 0.445. The van der Waals surface area contributed by atoms with Crippen molar-refractivity contribution in [1.29, 1.82) is 0 Å². The van der Waals surface area contributed by atoms with Gasteiger partial charge in [-0.15, -0.1) is 0 Å². The van der Waals surface area contributed by atoms with Crippen LogP contribution in [0.3, 0.4) is 0 Å². The second kappa shape index (κ2) is 7.23. The minimum Gasteiger partial charge on any atom is -0.383 e. The molecule has 2 heterocycles. The fourth-order valence-electron chi connectivity index (χ4n) is 2.96. The molecule has 128 valence electrons. The van der Waals surface area contributed by atoms with E-state index < -0.39 is 0 Å². The second-order valence-corrected chi connectivity index (χ2v) is 6.27. The van der Waals surface area contributed by atoms with Crippen molar-refractivity contribution in [3.8, 4) is 11.3 Å². The Morgan fingerprint density at radius 3 is 2.19 bits per heavy atom. The minimum absolute atomic E-state index is 0.445. The lowest BCUT2D eigenvalue weighted by atomic mass is 10.0. The lowest BCUT2D eigenvalue weighted by molar-refractivity contribution is 0.425. The van der Waals surface area contributed by atoms with E-state index in [-0.39, 0.29) is 0 Å². The van der Waals surface area contributed by atoms with Crippen molar-refractivity contribution in [2.24, 2.45) is 0 Å². The van der Waals surface area contributed by atoms with Crippen LogP contribution in [0.2, 0.25) is 0 Å². The fourth-order valence-corrected chi connectivity index (χ4v) is 2.96. The first-order chi connectivity index (χ1) is 12.8. The number of hydrogen-bond acceptors (Lipinski definition) is 4. The van der Waals surface area contributed by atoms with Crippen molar-refractivity contribution in [3.05, 3.63) is 101 Å². The van der Waals surface area contributed by atoms with Gasteiger partial charge in [0.15, 0.2) is 5.76 Å². The molecular weight excluding hydrogens is 322 g/mol. The third kappa shape index (κ3) is 3.64. The van der Waals surface area contributed by atoms with Crippen molar-refractivity contribution in [3.63, 3.8) is 0 Å². The Balaban J connectivity index is 1.46. The summed E-state index contributed by atoms with van der Waals surface area (Å²) in [5.74, 6) is 1.09. The van der Waals surface area contributed by atoms with E-state index in [2.05, 4.69) is 58.7 Å². The highest BCUT2D eigenvalue weighted by molar-refractivity contribution is 5.69. The number of nitrogen functional groups attached to an aromatic ring is 1. The molecule has 0 aliphatic carbocycles. The standard InChI is InChI=1S/C22H19N3O/c23-22-20(7-4-12-24-22)21-15-19(25-26-21)14-18-10-8-17(9-11-18)13-16-5-2-1-3-6-16/h1-12,15H,13-14H2,(H2,23,24). The molecule has 0 spiro atoms. The van der Waals surface area contributed by atoms with Gasteiger partial charge in [0.1, 0.15) is 5.82 Å². The highest BCUT2D eigenvalue weighted by Crippen LogP contribution is 2.25. The quantitative estimate of drug-likeness (QED) is 0.580. The molecule has 26 heavy (non-hydrogen) atoms. The van der Waals surface area contributed by atoms with Crippen molar-refractivity contribution >= 4 is 5.82 Å². The zero-order valence-electron chi connectivity index (χ0n) is 14.3. The van der Waals surface area contributed by atoms with Crippen molar-refractivity contribution in [2.75, 3.05) is 5.73 Å². The molecule has 0 aliphatic heterocycles. The molecule has 0 fully saturated rings. The van der Waals surface area contributed by atoms with Gasteiger partial charge in [-0.25, -0.2) is 4.98 Å². The van der Waals surface area contributed by atoms with Crippen molar-refractivity contribution in [1.82, 2.24) is 10.1 Å². The first-order valence-electron chi connectivity index (χ1n) is 8.56. The molecule has 4 rings (SSSR count).